The summed E-state index contributed by atoms with van der Waals surface area (Å²) in [7, 11) is -2.50. The van der Waals surface area contributed by atoms with Crippen molar-refractivity contribution < 1.29 is 12.8 Å². The van der Waals surface area contributed by atoms with Gasteiger partial charge in [0, 0.05) is 5.56 Å². The summed E-state index contributed by atoms with van der Waals surface area (Å²) in [5, 5.41) is 0. The quantitative estimate of drug-likeness (QED) is 0.534. The standard InChI is InChI=1S/C18H14N4O3S/c19-17-16(18-22-13-6-1-2-7-15(13)25-18)21-14(9-20-17)12-5-3-4-11(8-12)10-26(23)24/h1-9,26H,10H2,(H2,19,20). The molecule has 0 amide bonds. The van der Waals surface area contributed by atoms with Crippen LogP contribution in [0.2, 0.25) is 0 Å². The Morgan fingerprint density at radius 3 is 2.69 bits per heavy atom. The number of nitrogen functional groups attached to an aromatic ring is 1. The molecule has 0 fully saturated rings. The van der Waals surface area contributed by atoms with Crippen LogP contribution in [0.1, 0.15) is 5.56 Å². The number of anilines is 1. The first kappa shape index (κ1) is 16.2. The van der Waals surface area contributed by atoms with Crippen LogP contribution in [0, 0.1) is 0 Å². The molecule has 130 valence electrons. The Morgan fingerprint density at radius 2 is 1.88 bits per heavy atom. The van der Waals surface area contributed by atoms with Crippen molar-refractivity contribution in [3.05, 3.63) is 60.3 Å². The van der Waals surface area contributed by atoms with E-state index >= 15 is 0 Å². The second kappa shape index (κ2) is 6.57. The minimum Gasteiger partial charge on any atom is -0.435 e. The second-order valence-electron chi connectivity index (χ2n) is 5.67. The van der Waals surface area contributed by atoms with E-state index in [1.165, 1.54) is 6.20 Å². The van der Waals surface area contributed by atoms with Crippen LogP contribution in [-0.2, 0) is 16.5 Å². The van der Waals surface area contributed by atoms with Crippen LogP contribution in [-0.4, -0.2) is 23.4 Å². The summed E-state index contributed by atoms with van der Waals surface area (Å²) in [6.45, 7) is 0. The third-order valence-electron chi connectivity index (χ3n) is 3.83. The number of oxazole rings is 1. The second-order valence-corrected chi connectivity index (χ2v) is 6.65. The maximum atomic E-state index is 11.0. The van der Waals surface area contributed by atoms with E-state index in [0.717, 1.165) is 5.56 Å². The number of aromatic nitrogens is 3. The zero-order valence-electron chi connectivity index (χ0n) is 13.5. The lowest BCUT2D eigenvalue weighted by atomic mass is 10.1. The van der Waals surface area contributed by atoms with Crippen molar-refractivity contribution in [2.24, 2.45) is 0 Å². The number of para-hydroxylation sites is 2. The fraction of sp³-hybridized carbons (Fsp3) is 0.0556. The maximum absolute atomic E-state index is 11.0. The molecule has 0 aliphatic carbocycles. The van der Waals surface area contributed by atoms with Crippen LogP contribution in [0.3, 0.4) is 0 Å². The highest BCUT2D eigenvalue weighted by atomic mass is 32.2. The molecule has 4 aromatic rings. The van der Waals surface area contributed by atoms with Gasteiger partial charge in [0.15, 0.2) is 17.1 Å². The zero-order chi connectivity index (χ0) is 18.1. The van der Waals surface area contributed by atoms with Gasteiger partial charge in [0.25, 0.3) is 0 Å². The van der Waals surface area contributed by atoms with Gasteiger partial charge >= 0.3 is 0 Å². The fourth-order valence-electron chi connectivity index (χ4n) is 2.65. The average molecular weight is 366 g/mol. The first-order valence-electron chi connectivity index (χ1n) is 7.80. The van der Waals surface area contributed by atoms with E-state index in [0.29, 0.717) is 28.1 Å². The van der Waals surface area contributed by atoms with Crippen molar-refractivity contribution in [1.29, 1.82) is 0 Å². The molecule has 0 saturated carbocycles. The molecule has 2 aromatic carbocycles. The molecule has 0 radical (unpaired) electrons. The van der Waals surface area contributed by atoms with Gasteiger partial charge in [0.1, 0.15) is 16.2 Å². The van der Waals surface area contributed by atoms with Gasteiger partial charge in [-0.15, -0.1) is 0 Å². The fourth-order valence-corrected chi connectivity index (χ4v) is 3.14. The summed E-state index contributed by atoms with van der Waals surface area (Å²) in [5.74, 6) is 0.472. The molecule has 0 bridgehead atoms. The van der Waals surface area contributed by atoms with Gasteiger partial charge in [-0.1, -0.05) is 30.3 Å². The minimum absolute atomic E-state index is 0.0242. The SMILES string of the molecule is Nc1ncc(-c2cccc(C[SH](=O)=O)c2)nc1-c1nc2ccccc2o1. The highest BCUT2D eigenvalue weighted by molar-refractivity contribution is 7.71. The summed E-state index contributed by atoms with van der Waals surface area (Å²) >= 11 is 0. The van der Waals surface area contributed by atoms with Gasteiger partial charge in [0.05, 0.1) is 17.6 Å². The summed E-state index contributed by atoms with van der Waals surface area (Å²) in [5.41, 5.74) is 9.62. The number of thiol groups is 1. The van der Waals surface area contributed by atoms with Crippen molar-refractivity contribution in [2.75, 3.05) is 5.73 Å². The number of nitrogens with zero attached hydrogens (tertiary/aromatic N) is 3. The van der Waals surface area contributed by atoms with Crippen LogP contribution in [0.15, 0.2) is 59.1 Å². The third-order valence-corrected chi connectivity index (χ3v) is 4.46. The number of fused-ring (bicyclic) bond motifs is 1. The minimum atomic E-state index is -2.50. The Labute approximate surface area is 150 Å². The normalized spacial score (nSPS) is 11.3. The Morgan fingerprint density at radius 1 is 1.04 bits per heavy atom. The molecular formula is C18H14N4O3S. The van der Waals surface area contributed by atoms with Crippen LogP contribution in [0.25, 0.3) is 33.9 Å². The van der Waals surface area contributed by atoms with Gasteiger partial charge in [-0.05, 0) is 23.8 Å². The van der Waals surface area contributed by atoms with Crippen molar-refractivity contribution >= 4 is 27.6 Å². The lowest BCUT2D eigenvalue weighted by molar-refractivity contribution is 0.613. The number of hydrogen-bond donors (Lipinski definition) is 2. The van der Waals surface area contributed by atoms with Crippen LogP contribution in [0.4, 0.5) is 5.82 Å². The van der Waals surface area contributed by atoms with E-state index in [2.05, 4.69) is 15.0 Å². The monoisotopic (exact) mass is 366 g/mol. The Bertz CT molecular complexity index is 1140. The highest BCUT2D eigenvalue weighted by Gasteiger charge is 2.15. The molecule has 0 spiro atoms. The van der Waals surface area contributed by atoms with Gasteiger partial charge in [0.2, 0.25) is 5.89 Å². The molecule has 2 aromatic heterocycles. The molecular weight excluding hydrogens is 352 g/mol. The molecule has 26 heavy (non-hydrogen) atoms. The molecule has 0 aliphatic rings. The van der Waals surface area contributed by atoms with Gasteiger partial charge in [-0.3, -0.25) is 0 Å². The van der Waals surface area contributed by atoms with Crippen LogP contribution in [0.5, 0.6) is 0 Å². The molecule has 0 saturated heterocycles. The molecule has 0 unspecified atom stereocenters. The van der Waals surface area contributed by atoms with E-state index in [-0.39, 0.29) is 17.5 Å². The number of rotatable bonds is 4. The lowest BCUT2D eigenvalue weighted by Gasteiger charge is -2.06. The largest absolute Gasteiger partial charge is 0.435 e. The highest BCUT2D eigenvalue weighted by Crippen LogP contribution is 2.28. The topological polar surface area (TPSA) is 112 Å². The van der Waals surface area contributed by atoms with Gasteiger partial charge < -0.3 is 10.2 Å². The van der Waals surface area contributed by atoms with E-state index in [1.807, 2.05) is 30.3 Å². The van der Waals surface area contributed by atoms with Crippen molar-refractivity contribution in [3.8, 4) is 22.8 Å². The number of hydrogen-bond acceptors (Lipinski definition) is 7. The molecule has 2 heterocycles. The summed E-state index contributed by atoms with van der Waals surface area (Å²) in [6.07, 6.45) is 1.54. The van der Waals surface area contributed by atoms with Gasteiger partial charge in [-0.25, -0.2) is 23.4 Å². The van der Waals surface area contributed by atoms with Crippen molar-refractivity contribution in [1.82, 2.24) is 15.0 Å². The lowest BCUT2D eigenvalue weighted by Crippen LogP contribution is -1.99. The zero-order valence-corrected chi connectivity index (χ0v) is 14.4. The van der Waals surface area contributed by atoms with E-state index in [1.54, 1.807) is 18.2 Å². The Hall–Kier alpha value is -3.26. The Balaban J connectivity index is 1.79. The summed E-state index contributed by atoms with van der Waals surface area (Å²) in [4.78, 5) is 13.1. The molecule has 0 atom stereocenters. The smallest absolute Gasteiger partial charge is 0.250 e. The first-order chi connectivity index (χ1) is 12.6. The molecule has 4 rings (SSSR count). The number of nitrogens with two attached hydrogens (primary N) is 1. The van der Waals surface area contributed by atoms with Crippen molar-refractivity contribution in [3.63, 3.8) is 0 Å². The number of benzene rings is 2. The summed E-state index contributed by atoms with van der Waals surface area (Å²) < 4.78 is 27.6. The molecule has 8 heteroatoms. The van der Waals surface area contributed by atoms with E-state index < -0.39 is 10.7 Å². The maximum Gasteiger partial charge on any atom is 0.250 e. The molecule has 0 aliphatic heterocycles. The van der Waals surface area contributed by atoms with Crippen LogP contribution >= 0.6 is 0 Å². The third kappa shape index (κ3) is 3.14. The predicted molar refractivity (Wildman–Crippen MR) is 98.9 cm³/mol. The van der Waals surface area contributed by atoms with Gasteiger partial charge in [-0.2, -0.15) is 0 Å². The van der Waals surface area contributed by atoms with E-state index in [9.17, 15) is 8.42 Å². The average Bonchev–Trinajstić information content (AvgIpc) is 3.05. The van der Waals surface area contributed by atoms with Crippen molar-refractivity contribution in [2.45, 2.75) is 5.75 Å². The molecule has 7 nitrogen and oxygen atoms in total. The Kier molecular flexibility index (Phi) is 4.10. The molecule has 2 N–H and O–H groups in total. The predicted octanol–water partition coefficient (Wildman–Crippen LogP) is 2.65. The van der Waals surface area contributed by atoms with Crippen LogP contribution < -0.4 is 5.73 Å². The summed E-state index contributed by atoms with van der Waals surface area (Å²) in [6, 6.07) is 14.5. The van der Waals surface area contributed by atoms with E-state index in [4.69, 9.17) is 10.2 Å². The first-order valence-corrected chi connectivity index (χ1v) is 9.16.